The minimum atomic E-state index is 0. The normalized spacial score (nSPS) is 11.2. The van der Waals surface area contributed by atoms with E-state index in [-0.39, 0.29) is 12.4 Å². The van der Waals surface area contributed by atoms with Crippen LogP contribution in [0, 0.1) is 0 Å². The van der Waals surface area contributed by atoms with Crippen LogP contribution in [0.3, 0.4) is 0 Å². The molecule has 0 rings (SSSR count). The first kappa shape index (κ1) is 12.9. The van der Waals surface area contributed by atoms with Gasteiger partial charge in [0.05, 0.1) is 0 Å². The summed E-state index contributed by atoms with van der Waals surface area (Å²) in [6.45, 7) is 6.00. The minimum absolute atomic E-state index is 0. The molecular weight excluding hydrogens is 158 g/mol. The third-order valence-corrected chi connectivity index (χ3v) is 0.964. The van der Waals surface area contributed by atoms with E-state index in [0.29, 0.717) is 0 Å². The maximum atomic E-state index is 2.00. The van der Waals surface area contributed by atoms with E-state index in [1.807, 2.05) is 62.5 Å². The predicted molar refractivity (Wildman–Crippen MR) is 53.5 cm³/mol. The van der Waals surface area contributed by atoms with Crippen molar-refractivity contribution in [1.29, 1.82) is 0 Å². The molecule has 0 radical (unpaired) electrons. The molecule has 64 valence electrons. The fourth-order valence-corrected chi connectivity index (χ4v) is 0.665. The molecule has 0 fully saturated rings. The van der Waals surface area contributed by atoms with Crippen LogP contribution in [0.1, 0.15) is 20.8 Å². The van der Waals surface area contributed by atoms with Crippen LogP contribution in [0.2, 0.25) is 0 Å². The van der Waals surface area contributed by atoms with E-state index in [2.05, 4.69) is 0 Å². The number of halogens is 1. The summed E-state index contributed by atoms with van der Waals surface area (Å²) in [5, 5.41) is 0. The van der Waals surface area contributed by atoms with Crippen LogP contribution in [0.4, 0.5) is 0 Å². The second-order valence-electron chi connectivity index (χ2n) is 1.89. The second kappa shape index (κ2) is 9.31. The molecule has 0 unspecified atom stereocenters. The molecule has 0 spiro atoms. The SMILES string of the molecule is CC=CN(C=CC)C=CC.Cl. The number of hydrogen-bond acceptors (Lipinski definition) is 1. The zero-order valence-electron chi connectivity index (χ0n) is 7.32. The van der Waals surface area contributed by atoms with Gasteiger partial charge in [-0.1, -0.05) is 18.2 Å². The molecule has 0 atom stereocenters. The van der Waals surface area contributed by atoms with Crippen molar-refractivity contribution in [3.05, 3.63) is 36.8 Å². The fourth-order valence-electron chi connectivity index (χ4n) is 0.665. The quantitative estimate of drug-likeness (QED) is 0.633. The Hall–Kier alpha value is -0.690. The molecule has 0 aromatic heterocycles. The predicted octanol–water partition coefficient (Wildman–Crippen LogP) is 3.31. The van der Waals surface area contributed by atoms with Crippen molar-refractivity contribution in [2.24, 2.45) is 0 Å². The molecule has 2 heteroatoms. The van der Waals surface area contributed by atoms with Gasteiger partial charge in [0.15, 0.2) is 0 Å². The summed E-state index contributed by atoms with van der Waals surface area (Å²) in [4.78, 5) is 2.00. The molecular formula is C9H16ClN. The lowest BCUT2D eigenvalue weighted by Gasteiger charge is -2.06. The van der Waals surface area contributed by atoms with Gasteiger partial charge < -0.3 is 4.90 Å². The van der Waals surface area contributed by atoms with Crippen LogP contribution in [0.15, 0.2) is 36.8 Å². The smallest absolute Gasteiger partial charge is 0.00389 e. The minimum Gasteiger partial charge on any atom is -0.332 e. The van der Waals surface area contributed by atoms with Crippen molar-refractivity contribution in [2.75, 3.05) is 0 Å². The molecule has 0 aliphatic carbocycles. The molecule has 0 saturated carbocycles. The standard InChI is InChI=1S/C9H15N.ClH/c1-4-7-10(8-5-2)9-6-3;/h4-9H,1-3H3;1H. The van der Waals surface area contributed by atoms with E-state index in [4.69, 9.17) is 0 Å². The maximum Gasteiger partial charge on any atom is 0.00389 e. The Balaban J connectivity index is 0. The summed E-state index contributed by atoms with van der Waals surface area (Å²) in [6, 6.07) is 0. The van der Waals surface area contributed by atoms with E-state index in [0.717, 1.165) is 0 Å². The van der Waals surface area contributed by atoms with E-state index in [1.54, 1.807) is 0 Å². The lowest BCUT2D eigenvalue weighted by atomic mass is 10.5. The summed E-state index contributed by atoms with van der Waals surface area (Å²) in [7, 11) is 0. The van der Waals surface area contributed by atoms with Gasteiger partial charge in [-0.2, -0.15) is 0 Å². The highest BCUT2D eigenvalue weighted by Crippen LogP contribution is 1.92. The molecule has 0 heterocycles. The van der Waals surface area contributed by atoms with E-state index < -0.39 is 0 Å². The van der Waals surface area contributed by atoms with Crippen LogP contribution in [-0.2, 0) is 0 Å². The van der Waals surface area contributed by atoms with Crippen LogP contribution in [0.25, 0.3) is 0 Å². The highest BCUT2D eigenvalue weighted by atomic mass is 35.5. The zero-order valence-corrected chi connectivity index (χ0v) is 8.14. The highest BCUT2D eigenvalue weighted by molar-refractivity contribution is 5.85. The average molecular weight is 174 g/mol. The second-order valence-corrected chi connectivity index (χ2v) is 1.89. The molecule has 0 aromatic rings. The van der Waals surface area contributed by atoms with Gasteiger partial charge in [-0.05, 0) is 20.8 Å². The summed E-state index contributed by atoms with van der Waals surface area (Å²) in [5.74, 6) is 0. The van der Waals surface area contributed by atoms with Gasteiger partial charge in [-0.3, -0.25) is 0 Å². The topological polar surface area (TPSA) is 3.24 Å². The molecule has 0 aliphatic rings. The molecule has 0 amide bonds. The first-order valence-corrected chi connectivity index (χ1v) is 3.51. The van der Waals surface area contributed by atoms with E-state index >= 15 is 0 Å². The van der Waals surface area contributed by atoms with Gasteiger partial charge in [0.1, 0.15) is 0 Å². The van der Waals surface area contributed by atoms with Crippen molar-refractivity contribution < 1.29 is 0 Å². The van der Waals surface area contributed by atoms with E-state index in [9.17, 15) is 0 Å². The maximum absolute atomic E-state index is 2.00. The summed E-state index contributed by atoms with van der Waals surface area (Å²) < 4.78 is 0. The van der Waals surface area contributed by atoms with Crippen LogP contribution in [0.5, 0.6) is 0 Å². The van der Waals surface area contributed by atoms with Crippen molar-refractivity contribution in [1.82, 2.24) is 4.90 Å². The van der Waals surface area contributed by atoms with Gasteiger partial charge >= 0.3 is 0 Å². The molecule has 0 aliphatic heterocycles. The van der Waals surface area contributed by atoms with Crippen LogP contribution >= 0.6 is 12.4 Å². The van der Waals surface area contributed by atoms with Crippen molar-refractivity contribution in [2.45, 2.75) is 20.8 Å². The number of hydrogen-bond donors (Lipinski definition) is 0. The Morgan fingerprint density at radius 3 is 1.18 bits per heavy atom. The monoisotopic (exact) mass is 173 g/mol. The molecule has 1 nitrogen and oxygen atoms in total. The molecule has 0 saturated heterocycles. The van der Waals surface area contributed by atoms with Gasteiger partial charge in [0.25, 0.3) is 0 Å². The van der Waals surface area contributed by atoms with E-state index in [1.165, 1.54) is 0 Å². The Bertz CT molecular complexity index is 119. The van der Waals surface area contributed by atoms with Crippen molar-refractivity contribution in [3.63, 3.8) is 0 Å². The Kier molecular flexibility index (Phi) is 11.0. The van der Waals surface area contributed by atoms with Gasteiger partial charge in [-0.25, -0.2) is 0 Å². The fraction of sp³-hybridized carbons (Fsp3) is 0.333. The third-order valence-electron chi connectivity index (χ3n) is 0.964. The highest BCUT2D eigenvalue weighted by Gasteiger charge is 1.80. The largest absolute Gasteiger partial charge is 0.332 e. The third kappa shape index (κ3) is 7.20. The first-order chi connectivity index (χ1) is 4.85. The summed E-state index contributed by atoms with van der Waals surface area (Å²) in [6.07, 6.45) is 12.0. The van der Waals surface area contributed by atoms with Crippen molar-refractivity contribution in [3.8, 4) is 0 Å². The van der Waals surface area contributed by atoms with Gasteiger partial charge in [-0.15, -0.1) is 12.4 Å². The summed E-state index contributed by atoms with van der Waals surface area (Å²) in [5.41, 5.74) is 0. The molecule has 11 heavy (non-hydrogen) atoms. The number of nitrogens with zero attached hydrogens (tertiary/aromatic N) is 1. The van der Waals surface area contributed by atoms with Gasteiger partial charge in [0.2, 0.25) is 0 Å². The summed E-state index contributed by atoms with van der Waals surface area (Å²) >= 11 is 0. The molecule has 0 N–H and O–H groups in total. The lowest BCUT2D eigenvalue weighted by Crippen LogP contribution is -1.97. The van der Waals surface area contributed by atoms with Crippen LogP contribution < -0.4 is 0 Å². The first-order valence-electron chi connectivity index (χ1n) is 3.51. The molecule has 0 bridgehead atoms. The Morgan fingerprint density at radius 2 is 1.00 bits per heavy atom. The Labute approximate surface area is 75.5 Å². The van der Waals surface area contributed by atoms with Crippen molar-refractivity contribution >= 4 is 12.4 Å². The van der Waals surface area contributed by atoms with Gasteiger partial charge in [0, 0.05) is 18.6 Å². The zero-order chi connectivity index (χ0) is 7.82. The lowest BCUT2D eigenvalue weighted by molar-refractivity contribution is 0.688. The average Bonchev–Trinajstić information content (AvgIpc) is 1.90. The number of allylic oxidation sites excluding steroid dienone is 3. The van der Waals surface area contributed by atoms with Crippen LogP contribution in [-0.4, -0.2) is 4.90 Å². The number of rotatable bonds is 3. The molecule has 0 aromatic carbocycles. The Morgan fingerprint density at radius 1 is 0.727 bits per heavy atom.